The highest BCUT2D eigenvalue weighted by Gasteiger charge is 2.61. The van der Waals surface area contributed by atoms with Gasteiger partial charge in [0, 0.05) is 25.2 Å². The van der Waals surface area contributed by atoms with Crippen LogP contribution in [0.25, 0.3) is 0 Å². The van der Waals surface area contributed by atoms with E-state index < -0.39 is 0 Å². The van der Waals surface area contributed by atoms with E-state index >= 15 is 0 Å². The van der Waals surface area contributed by atoms with E-state index in [0.717, 1.165) is 38.5 Å². The molecule has 0 N–H and O–H groups in total. The Morgan fingerprint density at radius 1 is 1.26 bits per heavy atom. The zero-order chi connectivity index (χ0) is 19.4. The largest absolute Gasteiger partial charge is 0.462 e. The van der Waals surface area contributed by atoms with Crippen molar-refractivity contribution in [3.63, 3.8) is 0 Å². The average molecular weight is 369 g/mol. The molecular formula is C24H32O3. The quantitative estimate of drug-likeness (QED) is 0.524. The van der Waals surface area contributed by atoms with Gasteiger partial charge < -0.3 is 4.74 Å². The van der Waals surface area contributed by atoms with Gasteiger partial charge in [-0.1, -0.05) is 19.4 Å². The third kappa shape index (κ3) is 2.79. The number of allylic oxidation sites excluding steroid dienone is 1. The number of fused-ring (bicyclic) bond motifs is 5. The average Bonchev–Trinajstić information content (AvgIpc) is 2.93. The lowest BCUT2D eigenvalue weighted by molar-refractivity contribution is -0.157. The van der Waals surface area contributed by atoms with Crippen molar-refractivity contribution in [2.24, 2.45) is 34.5 Å². The van der Waals surface area contributed by atoms with Crippen molar-refractivity contribution in [1.29, 1.82) is 0 Å². The third-order valence-corrected chi connectivity index (χ3v) is 8.70. The molecule has 146 valence electrons. The first-order valence-electron chi connectivity index (χ1n) is 10.6. The zero-order valence-electron chi connectivity index (χ0n) is 16.9. The lowest BCUT2D eigenvalue weighted by atomic mass is 9.45. The normalized spacial score (nSPS) is 45.8. The van der Waals surface area contributed by atoms with Crippen LogP contribution in [-0.2, 0) is 14.3 Å². The molecule has 3 nitrogen and oxygen atoms in total. The second kappa shape index (κ2) is 6.50. The van der Waals surface area contributed by atoms with Crippen molar-refractivity contribution < 1.29 is 14.3 Å². The summed E-state index contributed by atoms with van der Waals surface area (Å²) in [5, 5.41) is 0. The first-order valence-corrected chi connectivity index (χ1v) is 10.6. The van der Waals surface area contributed by atoms with Gasteiger partial charge in [-0.2, -0.15) is 0 Å². The van der Waals surface area contributed by atoms with Gasteiger partial charge in [-0.15, -0.1) is 12.3 Å². The molecule has 27 heavy (non-hydrogen) atoms. The summed E-state index contributed by atoms with van der Waals surface area (Å²) in [6.45, 7) is 6.28. The van der Waals surface area contributed by atoms with E-state index in [0.29, 0.717) is 30.1 Å². The molecule has 4 aliphatic rings. The van der Waals surface area contributed by atoms with Gasteiger partial charge in [0.05, 0.1) is 0 Å². The summed E-state index contributed by atoms with van der Waals surface area (Å²) in [6, 6.07) is 0. The van der Waals surface area contributed by atoms with Crippen molar-refractivity contribution in [2.45, 2.75) is 78.2 Å². The van der Waals surface area contributed by atoms with Gasteiger partial charge in [-0.25, -0.2) is 0 Å². The Labute approximate surface area is 163 Å². The van der Waals surface area contributed by atoms with Crippen LogP contribution in [0.1, 0.15) is 72.1 Å². The number of hydrogen-bond acceptors (Lipinski definition) is 3. The predicted octanol–water partition coefficient (Wildman–Crippen LogP) is 4.70. The zero-order valence-corrected chi connectivity index (χ0v) is 16.9. The van der Waals surface area contributed by atoms with Gasteiger partial charge in [0.25, 0.3) is 0 Å². The standard InChI is InChI=1S/C24H32O3/c1-5-6-16-13-18-19-7-8-22(27-15(2)25)24(19,4)12-10-20(18)23(3)11-9-17(26)14-21(16)23/h1,14,16,18-20,22H,6-13H2,2-4H3/t16?,18-,19-,20+,22?,23+,24-/m0/s1. The van der Waals surface area contributed by atoms with E-state index in [-0.39, 0.29) is 28.7 Å². The third-order valence-electron chi connectivity index (χ3n) is 8.70. The fourth-order valence-electron chi connectivity index (χ4n) is 7.47. The van der Waals surface area contributed by atoms with E-state index in [2.05, 4.69) is 19.8 Å². The van der Waals surface area contributed by atoms with Crippen molar-refractivity contribution in [3.8, 4) is 12.3 Å². The van der Waals surface area contributed by atoms with Gasteiger partial charge in [0.2, 0.25) is 0 Å². The molecule has 2 unspecified atom stereocenters. The maximum absolute atomic E-state index is 12.2. The number of terminal acetylenes is 1. The molecule has 3 saturated carbocycles. The topological polar surface area (TPSA) is 43.4 Å². The molecule has 7 atom stereocenters. The van der Waals surface area contributed by atoms with Gasteiger partial charge >= 0.3 is 5.97 Å². The van der Waals surface area contributed by atoms with Crippen molar-refractivity contribution >= 4 is 11.8 Å². The minimum Gasteiger partial charge on any atom is -0.462 e. The van der Waals surface area contributed by atoms with Crippen LogP contribution in [-0.4, -0.2) is 17.9 Å². The molecule has 0 spiro atoms. The van der Waals surface area contributed by atoms with Gasteiger partial charge in [-0.3, -0.25) is 9.59 Å². The van der Waals surface area contributed by atoms with Crippen LogP contribution in [0.5, 0.6) is 0 Å². The molecule has 3 fully saturated rings. The summed E-state index contributed by atoms with van der Waals surface area (Å²) in [5.41, 5.74) is 1.55. The summed E-state index contributed by atoms with van der Waals surface area (Å²) in [4.78, 5) is 23.8. The molecule has 0 bridgehead atoms. The van der Waals surface area contributed by atoms with Crippen molar-refractivity contribution in [1.82, 2.24) is 0 Å². The first kappa shape index (κ1) is 18.8. The summed E-state index contributed by atoms with van der Waals surface area (Å²) in [7, 11) is 0. The molecule has 0 radical (unpaired) electrons. The lowest BCUT2D eigenvalue weighted by Gasteiger charge is -2.59. The number of hydrogen-bond donors (Lipinski definition) is 0. The van der Waals surface area contributed by atoms with Crippen LogP contribution in [0, 0.1) is 46.8 Å². The monoisotopic (exact) mass is 368 g/mol. The molecule has 0 amide bonds. The number of carbonyl (C=O) groups excluding carboxylic acids is 2. The number of esters is 1. The molecule has 0 aliphatic heterocycles. The van der Waals surface area contributed by atoms with Gasteiger partial charge in [-0.05, 0) is 73.7 Å². The van der Waals surface area contributed by atoms with E-state index in [1.54, 1.807) is 0 Å². The van der Waals surface area contributed by atoms with Crippen LogP contribution in [0.4, 0.5) is 0 Å². The van der Waals surface area contributed by atoms with Crippen LogP contribution in [0.15, 0.2) is 11.6 Å². The van der Waals surface area contributed by atoms with Gasteiger partial charge in [0.15, 0.2) is 5.78 Å². The second-order valence-corrected chi connectivity index (χ2v) is 9.92. The Morgan fingerprint density at radius 3 is 2.74 bits per heavy atom. The highest BCUT2D eigenvalue weighted by atomic mass is 16.5. The van der Waals surface area contributed by atoms with Crippen LogP contribution < -0.4 is 0 Å². The molecule has 4 aliphatic carbocycles. The fraction of sp³-hybridized carbons (Fsp3) is 0.750. The summed E-state index contributed by atoms with van der Waals surface area (Å²) in [5.74, 6) is 5.18. The number of carbonyl (C=O) groups is 2. The van der Waals surface area contributed by atoms with Crippen molar-refractivity contribution in [2.75, 3.05) is 0 Å². The maximum Gasteiger partial charge on any atom is 0.302 e. The number of ketones is 1. The molecule has 0 aromatic heterocycles. The van der Waals surface area contributed by atoms with E-state index in [4.69, 9.17) is 11.2 Å². The predicted molar refractivity (Wildman–Crippen MR) is 105 cm³/mol. The smallest absolute Gasteiger partial charge is 0.302 e. The Kier molecular flexibility index (Phi) is 4.53. The van der Waals surface area contributed by atoms with Gasteiger partial charge in [0.1, 0.15) is 6.10 Å². The van der Waals surface area contributed by atoms with Crippen molar-refractivity contribution in [3.05, 3.63) is 11.6 Å². The minimum absolute atomic E-state index is 0.0599. The van der Waals surface area contributed by atoms with E-state index in [9.17, 15) is 9.59 Å². The second-order valence-electron chi connectivity index (χ2n) is 9.92. The lowest BCUT2D eigenvalue weighted by Crippen LogP contribution is -2.53. The first-order chi connectivity index (χ1) is 12.8. The van der Waals surface area contributed by atoms with Crippen LogP contribution >= 0.6 is 0 Å². The molecule has 3 heteroatoms. The Morgan fingerprint density at radius 2 is 2.04 bits per heavy atom. The minimum atomic E-state index is -0.152. The number of ether oxygens (including phenoxy) is 1. The highest BCUT2D eigenvalue weighted by molar-refractivity contribution is 5.91. The summed E-state index contributed by atoms with van der Waals surface area (Å²) >= 11 is 0. The number of rotatable bonds is 2. The molecule has 0 saturated heterocycles. The molecule has 0 aromatic carbocycles. The molecule has 4 rings (SSSR count). The summed E-state index contributed by atoms with van der Waals surface area (Å²) < 4.78 is 5.76. The Balaban J connectivity index is 1.69. The Bertz CT molecular complexity index is 728. The Hall–Kier alpha value is -1.56. The van der Waals surface area contributed by atoms with Crippen LogP contribution in [0.3, 0.4) is 0 Å². The molecule has 0 aromatic rings. The maximum atomic E-state index is 12.2. The van der Waals surface area contributed by atoms with E-state index in [1.807, 2.05) is 6.08 Å². The molecule has 0 heterocycles. The molecular weight excluding hydrogens is 336 g/mol. The highest BCUT2D eigenvalue weighted by Crippen LogP contribution is 2.66. The fourth-order valence-corrected chi connectivity index (χ4v) is 7.47. The van der Waals surface area contributed by atoms with Crippen LogP contribution in [0.2, 0.25) is 0 Å². The summed E-state index contributed by atoms with van der Waals surface area (Å²) in [6.07, 6.45) is 15.6. The van der Waals surface area contributed by atoms with E-state index in [1.165, 1.54) is 18.9 Å². The SMILES string of the molecule is C#CCC1C[C@@H]2[C@@H](CC[C@]3(C)C(OC(C)=O)CC[C@@H]23)[C@@]2(C)CCC(=O)C=C12.